The van der Waals surface area contributed by atoms with Gasteiger partial charge in [0.05, 0.1) is 18.1 Å². The zero-order valence-corrected chi connectivity index (χ0v) is 17.2. The van der Waals surface area contributed by atoms with Crippen LogP contribution in [0.1, 0.15) is 30.4 Å². The normalized spacial score (nSPS) is 15.8. The van der Waals surface area contributed by atoms with E-state index in [1.807, 2.05) is 28.1 Å². The Morgan fingerprint density at radius 3 is 2.61 bits per heavy atom. The van der Waals surface area contributed by atoms with Gasteiger partial charge in [0.2, 0.25) is 0 Å². The topological polar surface area (TPSA) is 38.1 Å². The maximum Gasteiger partial charge on any atom is 0.308 e. The molecule has 3 heterocycles. The number of rotatable bonds is 6. The Hall–Kier alpha value is -2.24. The molecule has 0 unspecified atom stereocenters. The minimum atomic E-state index is 0.0992. The van der Waals surface area contributed by atoms with E-state index in [1.54, 1.807) is 6.20 Å². The standard InChI is InChI=1S/C23H27N3OS/c1-18-5-7-19(8-6-18)9-10-20-11-14-25(15-12-20)17-26-22(16-28-23(26)27)21-4-2-3-13-24-21/h2-8,13,16,20H,9-12,14-15,17H2,1H3. The van der Waals surface area contributed by atoms with Gasteiger partial charge in [-0.2, -0.15) is 0 Å². The maximum absolute atomic E-state index is 12.4. The van der Waals surface area contributed by atoms with E-state index in [1.165, 1.54) is 48.1 Å². The summed E-state index contributed by atoms with van der Waals surface area (Å²) in [5.41, 5.74) is 4.56. The quantitative estimate of drug-likeness (QED) is 0.615. The second-order valence-corrected chi connectivity index (χ2v) is 8.58. The zero-order valence-electron chi connectivity index (χ0n) is 16.4. The molecule has 28 heavy (non-hydrogen) atoms. The van der Waals surface area contributed by atoms with Crippen LogP contribution in [0.15, 0.2) is 58.8 Å². The molecule has 0 aliphatic carbocycles. The molecule has 0 bridgehead atoms. The number of nitrogens with zero attached hydrogens (tertiary/aromatic N) is 3. The van der Waals surface area contributed by atoms with Crippen LogP contribution in [0, 0.1) is 12.8 Å². The Morgan fingerprint density at radius 1 is 1.11 bits per heavy atom. The molecule has 0 amide bonds. The lowest BCUT2D eigenvalue weighted by Crippen LogP contribution is -2.37. The van der Waals surface area contributed by atoms with Gasteiger partial charge >= 0.3 is 4.87 Å². The van der Waals surface area contributed by atoms with Crippen molar-refractivity contribution in [2.75, 3.05) is 13.1 Å². The molecule has 0 atom stereocenters. The summed E-state index contributed by atoms with van der Waals surface area (Å²) in [7, 11) is 0. The van der Waals surface area contributed by atoms with E-state index in [9.17, 15) is 4.79 Å². The van der Waals surface area contributed by atoms with Crippen LogP contribution in [0.3, 0.4) is 0 Å². The van der Waals surface area contributed by atoms with E-state index in [-0.39, 0.29) is 4.87 Å². The number of pyridine rings is 1. The molecule has 1 aliphatic rings. The van der Waals surface area contributed by atoms with Gasteiger partial charge < -0.3 is 0 Å². The predicted octanol–water partition coefficient (Wildman–Crippen LogP) is 4.58. The third-order valence-corrected chi connectivity index (χ3v) is 6.48. The third kappa shape index (κ3) is 4.59. The molecule has 5 heteroatoms. The van der Waals surface area contributed by atoms with Crippen LogP contribution in [0.25, 0.3) is 11.4 Å². The van der Waals surface area contributed by atoms with Gasteiger partial charge in [-0.25, -0.2) is 0 Å². The van der Waals surface area contributed by atoms with Crippen molar-refractivity contribution in [3.8, 4) is 11.4 Å². The number of likely N-dealkylation sites (tertiary alicyclic amines) is 1. The van der Waals surface area contributed by atoms with Crippen LogP contribution in [0.5, 0.6) is 0 Å². The van der Waals surface area contributed by atoms with Gasteiger partial charge in [0.15, 0.2) is 0 Å². The third-order valence-electron chi connectivity index (χ3n) is 5.72. The highest BCUT2D eigenvalue weighted by Gasteiger charge is 2.21. The molecule has 0 N–H and O–H groups in total. The summed E-state index contributed by atoms with van der Waals surface area (Å²) in [5, 5.41) is 1.93. The van der Waals surface area contributed by atoms with Gasteiger partial charge in [-0.3, -0.25) is 19.2 Å². The van der Waals surface area contributed by atoms with Crippen molar-refractivity contribution in [3.05, 3.63) is 74.8 Å². The number of thiazole rings is 1. The Balaban J connectivity index is 1.32. The lowest BCUT2D eigenvalue weighted by molar-refractivity contribution is 0.144. The molecular weight excluding hydrogens is 366 g/mol. The molecule has 1 aromatic carbocycles. The Kier molecular flexibility index (Phi) is 6.03. The van der Waals surface area contributed by atoms with Gasteiger partial charge in [0.1, 0.15) is 0 Å². The molecule has 0 spiro atoms. The number of hydrogen-bond donors (Lipinski definition) is 0. The second-order valence-electron chi connectivity index (χ2n) is 7.76. The van der Waals surface area contributed by atoms with Gasteiger partial charge in [-0.15, -0.1) is 0 Å². The number of aryl methyl sites for hydroxylation is 2. The molecule has 4 nitrogen and oxygen atoms in total. The molecule has 1 fully saturated rings. The molecule has 1 saturated heterocycles. The summed E-state index contributed by atoms with van der Waals surface area (Å²) in [6, 6.07) is 14.8. The number of aromatic nitrogens is 2. The smallest absolute Gasteiger partial charge is 0.286 e. The van der Waals surface area contributed by atoms with E-state index < -0.39 is 0 Å². The number of benzene rings is 1. The summed E-state index contributed by atoms with van der Waals surface area (Å²) >= 11 is 1.26. The van der Waals surface area contributed by atoms with E-state index in [0.29, 0.717) is 6.67 Å². The van der Waals surface area contributed by atoms with E-state index in [2.05, 4.69) is 41.1 Å². The molecule has 1 aliphatic heterocycles. The fourth-order valence-corrected chi connectivity index (χ4v) is 4.66. The van der Waals surface area contributed by atoms with Crippen molar-refractivity contribution in [3.63, 3.8) is 0 Å². The molecule has 3 aromatic rings. The zero-order chi connectivity index (χ0) is 19.3. The minimum Gasteiger partial charge on any atom is -0.286 e. The minimum absolute atomic E-state index is 0.0992. The van der Waals surface area contributed by atoms with Gasteiger partial charge in [-0.1, -0.05) is 47.2 Å². The second kappa shape index (κ2) is 8.84. The monoisotopic (exact) mass is 393 g/mol. The first-order chi connectivity index (χ1) is 13.7. The average Bonchev–Trinajstić information content (AvgIpc) is 3.09. The van der Waals surface area contributed by atoms with Crippen molar-refractivity contribution < 1.29 is 0 Å². The molecular formula is C23H27N3OS. The molecule has 0 saturated carbocycles. The van der Waals surface area contributed by atoms with E-state index in [0.717, 1.165) is 30.4 Å². The molecule has 2 aromatic heterocycles. The summed E-state index contributed by atoms with van der Waals surface area (Å²) in [6.45, 7) is 4.92. The summed E-state index contributed by atoms with van der Waals surface area (Å²) in [5.74, 6) is 0.784. The highest BCUT2D eigenvalue weighted by atomic mass is 32.1. The molecule has 146 valence electrons. The van der Waals surface area contributed by atoms with Crippen molar-refractivity contribution >= 4 is 11.3 Å². The van der Waals surface area contributed by atoms with Crippen LogP contribution in [0.2, 0.25) is 0 Å². The Morgan fingerprint density at radius 2 is 1.89 bits per heavy atom. The van der Waals surface area contributed by atoms with Crippen LogP contribution < -0.4 is 4.87 Å². The van der Waals surface area contributed by atoms with Crippen molar-refractivity contribution in [2.45, 2.75) is 39.3 Å². The summed E-state index contributed by atoms with van der Waals surface area (Å²) in [6.07, 6.45) is 6.63. The first kappa shape index (κ1) is 19.1. The lowest BCUT2D eigenvalue weighted by Gasteiger charge is -2.32. The van der Waals surface area contributed by atoms with Crippen molar-refractivity contribution in [1.82, 2.24) is 14.5 Å². The lowest BCUT2D eigenvalue weighted by atomic mass is 9.90. The largest absolute Gasteiger partial charge is 0.308 e. The highest BCUT2D eigenvalue weighted by Crippen LogP contribution is 2.24. The fourth-order valence-electron chi connectivity index (χ4n) is 3.92. The summed E-state index contributed by atoms with van der Waals surface area (Å²) in [4.78, 5) is 19.3. The molecule has 4 rings (SSSR count). The number of hydrogen-bond acceptors (Lipinski definition) is 4. The van der Waals surface area contributed by atoms with Gasteiger partial charge in [-0.05, 0) is 56.2 Å². The average molecular weight is 394 g/mol. The highest BCUT2D eigenvalue weighted by molar-refractivity contribution is 7.07. The SMILES string of the molecule is Cc1ccc(CCC2CCN(Cn3c(-c4ccccn4)csc3=O)CC2)cc1. The predicted molar refractivity (Wildman–Crippen MR) is 116 cm³/mol. The van der Waals surface area contributed by atoms with Crippen LogP contribution >= 0.6 is 11.3 Å². The maximum atomic E-state index is 12.4. The Bertz CT molecular complexity index is 938. The van der Waals surface area contributed by atoms with Gasteiger partial charge in [0.25, 0.3) is 0 Å². The first-order valence-corrected chi connectivity index (χ1v) is 10.9. The van der Waals surface area contributed by atoms with Crippen molar-refractivity contribution in [2.24, 2.45) is 5.92 Å². The van der Waals surface area contributed by atoms with Gasteiger partial charge in [0, 0.05) is 24.7 Å². The van der Waals surface area contributed by atoms with Crippen LogP contribution in [-0.4, -0.2) is 27.5 Å². The summed E-state index contributed by atoms with van der Waals surface area (Å²) < 4.78 is 1.87. The Labute approximate surface area is 170 Å². The number of piperidine rings is 1. The van der Waals surface area contributed by atoms with Crippen LogP contribution in [-0.2, 0) is 13.1 Å². The first-order valence-electron chi connectivity index (χ1n) is 10.1. The van der Waals surface area contributed by atoms with E-state index >= 15 is 0 Å². The van der Waals surface area contributed by atoms with Crippen molar-refractivity contribution in [1.29, 1.82) is 0 Å². The molecule has 0 radical (unpaired) electrons. The van der Waals surface area contributed by atoms with Crippen LogP contribution in [0.4, 0.5) is 0 Å². The fraction of sp³-hybridized carbons (Fsp3) is 0.391. The van der Waals surface area contributed by atoms with E-state index in [4.69, 9.17) is 0 Å².